The van der Waals surface area contributed by atoms with Gasteiger partial charge in [-0.15, -0.1) is 0 Å². The molecule has 1 fully saturated rings. The standard InChI is InChI=1S/C12H16N2O3/c1-8-6-14(7-9(2)17-8)12(16)10-3-4-11(15)13-5-10/h3-5,8-10H,6-7H2,1-2H3. The molecule has 0 spiro atoms. The molecule has 1 saturated heterocycles. The van der Waals surface area contributed by atoms with Crippen LogP contribution in [-0.2, 0) is 14.3 Å². The summed E-state index contributed by atoms with van der Waals surface area (Å²) >= 11 is 0. The molecule has 0 radical (unpaired) electrons. The molecule has 0 N–H and O–H groups in total. The number of hydrogen-bond donors (Lipinski definition) is 0. The van der Waals surface area contributed by atoms with Gasteiger partial charge in [0.15, 0.2) is 0 Å². The summed E-state index contributed by atoms with van der Waals surface area (Å²) in [5.74, 6) is -0.734. The van der Waals surface area contributed by atoms with Gasteiger partial charge in [-0.05, 0) is 13.8 Å². The van der Waals surface area contributed by atoms with E-state index >= 15 is 0 Å². The van der Waals surface area contributed by atoms with Gasteiger partial charge in [0.2, 0.25) is 5.91 Å². The Balaban J connectivity index is 2.02. The van der Waals surface area contributed by atoms with Gasteiger partial charge in [-0.2, -0.15) is 0 Å². The van der Waals surface area contributed by atoms with Crippen LogP contribution in [0.1, 0.15) is 13.8 Å². The number of ether oxygens (including phenoxy) is 1. The number of dihydropyridines is 1. The van der Waals surface area contributed by atoms with Gasteiger partial charge in [-0.1, -0.05) is 6.08 Å². The molecule has 5 heteroatoms. The molecule has 0 aromatic heterocycles. The molecule has 2 aliphatic rings. The molecule has 2 heterocycles. The molecule has 17 heavy (non-hydrogen) atoms. The van der Waals surface area contributed by atoms with Crippen molar-refractivity contribution >= 4 is 18.0 Å². The zero-order chi connectivity index (χ0) is 12.4. The van der Waals surface area contributed by atoms with Gasteiger partial charge in [0.25, 0.3) is 5.91 Å². The Kier molecular flexibility index (Phi) is 3.38. The van der Waals surface area contributed by atoms with Gasteiger partial charge >= 0.3 is 0 Å². The Morgan fingerprint density at radius 3 is 2.59 bits per heavy atom. The SMILES string of the molecule is CC1CN(C(=O)C2C=CC(=O)N=C2)CC(C)O1. The predicted molar refractivity (Wildman–Crippen MR) is 62.7 cm³/mol. The lowest BCUT2D eigenvalue weighted by Gasteiger charge is -2.36. The second-order valence-electron chi connectivity index (χ2n) is 4.50. The average Bonchev–Trinajstić information content (AvgIpc) is 2.28. The second kappa shape index (κ2) is 4.79. The van der Waals surface area contributed by atoms with Crippen molar-refractivity contribution in [2.75, 3.05) is 13.1 Å². The molecule has 0 saturated carbocycles. The summed E-state index contributed by atoms with van der Waals surface area (Å²) in [5, 5.41) is 0. The van der Waals surface area contributed by atoms with Crippen LogP contribution in [0.5, 0.6) is 0 Å². The summed E-state index contributed by atoms with van der Waals surface area (Å²) in [5.41, 5.74) is 0. The van der Waals surface area contributed by atoms with Crippen molar-refractivity contribution in [3.63, 3.8) is 0 Å². The molecular formula is C12H16N2O3. The molecule has 5 nitrogen and oxygen atoms in total. The first kappa shape index (κ1) is 12.0. The zero-order valence-corrected chi connectivity index (χ0v) is 10.00. The van der Waals surface area contributed by atoms with Crippen LogP contribution in [0.25, 0.3) is 0 Å². The van der Waals surface area contributed by atoms with Crippen molar-refractivity contribution in [1.82, 2.24) is 4.90 Å². The third kappa shape index (κ3) is 2.79. The topological polar surface area (TPSA) is 59.0 Å². The Morgan fingerprint density at radius 1 is 1.41 bits per heavy atom. The normalized spacial score (nSPS) is 32.9. The summed E-state index contributed by atoms with van der Waals surface area (Å²) in [6, 6.07) is 0. The minimum atomic E-state index is -0.412. The van der Waals surface area contributed by atoms with Gasteiger partial charge in [0.1, 0.15) is 0 Å². The maximum atomic E-state index is 12.2. The zero-order valence-electron chi connectivity index (χ0n) is 10.00. The van der Waals surface area contributed by atoms with E-state index in [0.717, 1.165) is 0 Å². The second-order valence-corrected chi connectivity index (χ2v) is 4.50. The number of hydrogen-bond acceptors (Lipinski definition) is 3. The maximum absolute atomic E-state index is 12.2. The Morgan fingerprint density at radius 2 is 2.06 bits per heavy atom. The lowest BCUT2D eigenvalue weighted by atomic mass is 10.1. The number of rotatable bonds is 1. The van der Waals surface area contributed by atoms with Crippen molar-refractivity contribution in [2.45, 2.75) is 26.1 Å². The summed E-state index contributed by atoms with van der Waals surface area (Å²) in [6.07, 6.45) is 4.45. The lowest BCUT2D eigenvalue weighted by molar-refractivity contribution is -0.144. The first-order valence-electron chi connectivity index (χ1n) is 5.77. The largest absolute Gasteiger partial charge is 0.372 e. The molecule has 0 aromatic carbocycles. The highest BCUT2D eigenvalue weighted by Gasteiger charge is 2.29. The smallest absolute Gasteiger partial charge is 0.269 e. The van der Waals surface area contributed by atoms with Crippen molar-refractivity contribution in [2.24, 2.45) is 10.9 Å². The molecule has 3 unspecified atom stereocenters. The fourth-order valence-corrected chi connectivity index (χ4v) is 2.15. The van der Waals surface area contributed by atoms with Crippen molar-refractivity contribution in [3.8, 4) is 0 Å². The summed E-state index contributed by atoms with van der Waals surface area (Å²) in [7, 11) is 0. The van der Waals surface area contributed by atoms with Gasteiger partial charge in [-0.25, -0.2) is 4.99 Å². The number of morpholine rings is 1. The van der Waals surface area contributed by atoms with Crippen LogP contribution in [0, 0.1) is 5.92 Å². The molecule has 3 atom stereocenters. The predicted octanol–water partition coefficient (Wildman–Crippen LogP) is 0.406. The van der Waals surface area contributed by atoms with Crippen LogP contribution >= 0.6 is 0 Å². The van der Waals surface area contributed by atoms with E-state index in [0.29, 0.717) is 13.1 Å². The van der Waals surface area contributed by atoms with E-state index in [1.54, 1.807) is 11.0 Å². The van der Waals surface area contributed by atoms with Crippen LogP contribution in [-0.4, -0.2) is 48.2 Å². The molecular weight excluding hydrogens is 220 g/mol. The monoisotopic (exact) mass is 236 g/mol. The maximum Gasteiger partial charge on any atom is 0.269 e. The number of aliphatic imine (C=N–C) groups is 1. The molecule has 2 aliphatic heterocycles. The first-order chi connectivity index (χ1) is 8.06. The van der Waals surface area contributed by atoms with Gasteiger partial charge in [-0.3, -0.25) is 9.59 Å². The number of carbonyl (C=O) groups excluding carboxylic acids is 2. The molecule has 92 valence electrons. The Labute approximate surface area is 100 Å². The molecule has 0 aromatic rings. The van der Waals surface area contributed by atoms with Crippen molar-refractivity contribution < 1.29 is 14.3 Å². The fourth-order valence-electron chi connectivity index (χ4n) is 2.15. The van der Waals surface area contributed by atoms with Crippen LogP contribution in [0.15, 0.2) is 17.1 Å². The fraction of sp³-hybridized carbons (Fsp3) is 0.583. The molecule has 2 rings (SSSR count). The van der Waals surface area contributed by atoms with Crippen LogP contribution in [0.4, 0.5) is 0 Å². The van der Waals surface area contributed by atoms with Gasteiger partial charge in [0.05, 0.1) is 18.1 Å². The number of amides is 2. The summed E-state index contributed by atoms with van der Waals surface area (Å²) < 4.78 is 5.57. The summed E-state index contributed by atoms with van der Waals surface area (Å²) in [4.78, 5) is 28.5. The van der Waals surface area contributed by atoms with E-state index < -0.39 is 5.92 Å². The quantitative estimate of drug-likeness (QED) is 0.662. The summed E-state index contributed by atoms with van der Waals surface area (Å²) in [6.45, 7) is 5.08. The molecule has 0 bridgehead atoms. The van der Waals surface area contributed by atoms with E-state index in [4.69, 9.17) is 4.74 Å². The highest BCUT2D eigenvalue weighted by atomic mass is 16.5. The number of nitrogens with zero attached hydrogens (tertiary/aromatic N) is 2. The van der Waals surface area contributed by atoms with Gasteiger partial charge < -0.3 is 9.64 Å². The van der Waals surface area contributed by atoms with Crippen molar-refractivity contribution in [1.29, 1.82) is 0 Å². The van der Waals surface area contributed by atoms with Crippen LogP contribution < -0.4 is 0 Å². The van der Waals surface area contributed by atoms with E-state index in [2.05, 4.69) is 4.99 Å². The van der Waals surface area contributed by atoms with E-state index in [-0.39, 0.29) is 24.0 Å². The van der Waals surface area contributed by atoms with Crippen LogP contribution in [0.3, 0.4) is 0 Å². The number of carbonyl (C=O) groups is 2. The Hall–Kier alpha value is -1.49. The molecule has 0 aliphatic carbocycles. The average molecular weight is 236 g/mol. The van der Waals surface area contributed by atoms with E-state index in [1.807, 2.05) is 13.8 Å². The highest BCUT2D eigenvalue weighted by molar-refractivity contribution is 6.05. The van der Waals surface area contributed by atoms with Crippen LogP contribution in [0.2, 0.25) is 0 Å². The minimum absolute atomic E-state index is 0.0144. The Bertz CT molecular complexity index is 363. The first-order valence-corrected chi connectivity index (χ1v) is 5.77. The lowest BCUT2D eigenvalue weighted by Crippen LogP contribution is -2.50. The molecule has 2 amide bonds. The highest BCUT2D eigenvalue weighted by Crippen LogP contribution is 2.15. The minimum Gasteiger partial charge on any atom is -0.372 e. The third-order valence-electron chi connectivity index (χ3n) is 2.82. The van der Waals surface area contributed by atoms with E-state index in [9.17, 15) is 9.59 Å². The van der Waals surface area contributed by atoms with Gasteiger partial charge in [0, 0.05) is 25.4 Å². The third-order valence-corrected chi connectivity index (χ3v) is 2.82. The van der Waals surface area contributed by atoms with Crippen molar-refractivity contribution in [3.05, 3.63) is 12.2 Å². The van der Waals surface area contributed by atoms with E-state index in [1.165, 1.54) is 12.3 Å².